The number of nitrogen functional groups attached to an aromatic ring is 2. The van der Waals surface area contributed by atoms with Gasteiger partial charge in [0.05, 0.1) is 40.9 Å². The zero-order chi connectivity index (χ0) is 22.6. The number of carbonyl (C=O) groups is 2. The summed E-state index contributed by atoms with van der Waals surface area (Å²) < 4.78 is 0. The molecule has 31 heavy (non-hydrogen) atoms. The molecule has 0 spiro atoms. The standard InChI is InChI=1S/C11H16N4O.C9H11ClN4O/c1-11(2)10(16)15(6-5-14-11)9-4-3-8(12)7-13-9;10-7-3-6(11)4-13-9(7)14-2-1-12-8(15)5-14/h3-4,7,14H,5-6,12H2,1-2H3;3-4H,1-2,5,11H2,(H,12,15). The molecule has 0 aliphatic carbocycles. The van der Waals surface area contributed by atoms with Gasteiger partial charge in [-0.15, -0.1) is 0 Å². The summed E-state index contributed by atoms with van der Waals surface area (Å²) >= 11 is 5.99. The second kappa shape index (κ2) is 9.36. The quantitative estimate of drug-likeness (QED) is 0.526. The topological polar surface area (TPSA) is 142 Å². The molecule has 0 saturated carbocycles. The Morgan fingerprint density at radius 1 is 1.06 bits per heavy atom. The van der Waals surface area contributed by atoms with E-state index in [9.17, 15) is 9.59 Å². The van der Waals surface area contributed by atoms with Crippen LogP contribution in [-0.2, 0) is 9.59 Å². The second-order valence-electron chi connectivity index (χ2n) is 7.80. The first-order chi connectivity index (χ1) is 14.7. The Hall–Kier alpha value is -3.11. The molecule has 4 heterocycles. The van der Waals surface area contributed by atoms with Crippen LogP contribution in [-0.4, -0.2) is 60.0 Å². The van der Waals surface area contributed by atoms with Crippen molar-refractivity contribution in [3.63, 3.8) is 0 Å². The van der Waals surface area contributed by atoms with Crippen LogP contribution >= 0.6 is 11.6 Å². The van der Waals surface area contributed by atoms with Crippen LogP contribution in [0.3, 0.4) is 0 Å². The molecular formula is C20H27ClN8O2. The van der Waals surface area contributed by atoms with Crippen molar-refractivity contribution in [3.8, 4) is 0 Å². The summed E-state index contributed by atoms with van der Waals surface area (Å²) in [5.74, 6) is 1.29. The van der Waals surface area contributed by atoms with Crippen molar-refractivity contribution in [2.75, 3.05) is 54.0 Å². The fraction of sp³-hybridized carbons (Fsp3) is 0.400. The van der Waals surface area contributed by atoms with E-state index in [2.05, 4.69) is 20.6 Å². The highest BCUT2D eigenvalue weighted by Crippen LogP contribution is 2.25. The van der Waals surface area contributed by atoms with Crippen LogP contribution in [0.4, 0.5) is 23.0 Å². The molecule has 2 aliphatic heterocycles. The Labute approximate surface area is 185 Å². The third-order valence-corrected chi connectivity index (χ3v) is 5.19. The molecular weight excluding hydrogens is 420 g/mol. The molecule has 0 aromatic carbocycles. The van der Waals surface area contributed by atoms with Gasteiger partial charge in [0.15, 0.2) is 0 Å². The summed E-state index contributed by atoms with van der Waals surface area (Å²) in [6.07, 6.45) is 3.10. The van der Waals surface area contributed by atoms with Gasteiger partial charge in [0.25, 0.3) is 0 Å². The summed E-state index contributed by atoms with van der Waals surface area (Å²) in [5.41, 5.74) is 11.7. The van der Waals surface area contributed by atoms with E-state index in [-0.39, 0.29) is 18.4 Å². The minimum Gasteiger partial charge on any atom is -0.397 e. The maximum absolute atomic E-state index is 12.1. The number of halogens is 1. The van der Waals surface area contributed by atoms with Gasteiger partial charge in [-0.3, -0.25) is 14.5 Å². The molecule has 2 fully saturated rings. The van der Waals surface area contributed by atoms with Crippen molar-refractivity contribution in [2.24, 2.45) is 0 Å². The van der Waals surface area contributed by atoms with Crippen LogP contribution in [0.2, 0.25) is 5.02 Å². The first kappa shape index (κ1) is 22.6. The van der Waals surface area contributed by atoms with Crippen LogP contribution < -0.4 is 31.9 Å². The van der Waals surface area contributed by atoms with Crippen LogP contribution in [0.5, 0.6) is 0 Å². The number of hydrogen-bond donors (Lipinski definition) is 4. The predicted molar refractivity (Wildman–Crippen MR) is 122 cm³/mol. The van der Waals surface area contributed by atoms with Gasteiger partial charge in [0.1, 0.15) is 11.6 Å². The van der Waals surface area contributed by atoms with Gasteiger partial charge in [-0.1, -0.05) is 11.6 Å². The maximum atomic E-state index is 12.1. The highest BCUT2D eigenvalue weighted by atomic mass is 35.5. The highest BCUT2D eigenvalue weighted by molar-refractivity contribution is 6.33. The average Bonchev–Trinajstić information content (AvgIpc) is 2.71. The number of nitrogens with one attached hydrogen (secondary N) is 2. The monoisotopic (exact) mass is 446 g/mol. The van der Waals surface area contributed by atoms with E-state index < -0.39 is 5.54 Å². The molecule has 2 saturated heterocycles. The number of aromatic nitrogens is 2. The van der Waals surface area contributed by atoms with Crippen molar-refractivity contribution in [3.05, 3.63) is 35.6 Å². The summed E-state index contributed by atoms with van der Waals surface area (Å²) in [4.78, 5) is 35.1. The Morgan fingerprint density at radius 2 is 1.81 bits per heavy atom. The number of piperazine rings is 2. The third-order valence-electron chi connectivity index (χ3n) is 4.91. The van der Waals surface area contributed by atoms with Crippen LogP contribution in [0.1, 0.15) is 13.8 Å². The summed E-state index contributed by atoms with van der Waals surface area (Å²) in [6.45, 7) is 6.77. The first-order valence-corrected chi connectivity index (χ1v) is 10.3. The number of anilines is 4. The Balaban J connectivity index is 0.000000176. The van der Waals surface area contributed by atoms with Crippen LogP contribution in [0, 0.1) is 0 Å². The lowest BCUT2D eigenvalue weighted by Crippen LogP contribution is -2.61. The number of carbonyl (C=O) groups excluding carboxylic acids is 2. The van der Waals surface area contributed by atoms with Crippen molar-refractivity contribution in [1.29, 1.82) is 0 Å². The number of hydrogen-bond acceptors (Lipinski definition) is 8. The number of rotatable bonds is 2. The second-order valence-corrected chi connectivity index (χ2v) is 8.21. The fourth-order valence-corrected chi connectivity index (χ4v) is 3.56. The minimum absolute atomic E-state index is 0.0176. The minimum atomic E-state index is -0.526. The van der Waals surface area contributed by atoms with E-state index in [4.69, 9.17) is 23.1 Å². The van der Waals surface area contributed by atoms with E-state index in [1.165, 1.54) is 6.20 Å². The summed E-state index contributed by atoms with van der Waals surface area (Å²) in [6, 6.07) is 5.16. The predicted octanol–water partition coefficient (Wildman–Crippen LogP) is 0.632. The zero-order valence-electron chi connectivity index (χ0n) is 17.6. The molecule has 4 rings (SSSR count). The van der Waals surface area contributed by atoms with Crippen molar-refractivity contribution in [2.45, 2.75) is 19.4 Å². The van der Waals surface area contributed by atoms with Crippen molar-refractivity contribution >= 4 is 46.4 Å². The van der Waals surface area contributed by atoms with E-state index in [1.54, 1.807) is 29.3 Å². The number of pyridine rings is 2. The zero-order valence-corrected chi connectivity index (χ0v) is 18.3. The summed E-state index contributed by atoms with van der Waals surface area (Å²) in [5, 5.41) is 6.39. The lowest BCUT2D eigenvalue weighted by Gasteiger charge is -2.37. The van der Waals surface area contributed by atoms with Gasteiger partial charge in [-0.05, 0) is 32.0 Å². The molecule has 166 valence electrons. The largest absolute Gasteiger partial charge is 0.397 e. The van der Waals surface area contributed by atoms with Gasteiger partial charge in [-0.25, -0.2) is 9.97 Å². The van der Waals surface area contributed by atoms with Crippen LogP contribution in [0.15, 0.2) is 30.6 Å². The van der Waals surface area contributed by atoms with Crippen molar-refractivity contribution < 1.29 is 9.59 Å². The van der Waals surface area contributed by atoms with Gasteiger partial charge in [-0.2, -0.15) is 0 Å². The number of amides is 2. The average molecular weight is 447 g/mol. The van der Waals surface area contributed by atoms with Gasteiger partial charge >= 0.3 is 0 Å². The Bertz CT molecular complexity index is 951. The van der Waals surface area contributed by atoms with Gasteiger partial charge in [0.2, 0.25) is 11.8 Å². The normalized spacial score (nSPS) is 18.2. The number of nitrogens with two attached hydrogens (primary N) is 2. The molecule has 0 bridgehead atoms. The first-order valence-electron chi connectivity index (χ1n) is 9.88. The molecule has 2 aromatic heterocycles. The maximum Gasteiger partial charge on any atom is 0.247 e. The Kier molecular flexibility index (Phi) is 6.81. The molecule has 0 atom stereocenters. The lowest BCUT2D eigenvalue weighted by atomic mass is 10.0. The molecule has 0 radical (unpaired) electrons. The van der Waals surface area contributed by atoms with E-state index in [0.29, 0.717) is 47.7 Å². The molecule has 2 aliphatic rings. The van der Waals surface area contributed by atoms with E-state index in [0.717, 1.165) is 6.54 Å². The summed E-state index contributed by atoms with van der Waals surface area (Å²) in [7, 11) is 0. The van der Waals surface area contributed by atoms with Gasteiger partial charge in [0, 0.05) is 26.2 Å². The lowest BCUT2D eigenvalue weighted by molar-refractivity contribution is -0.125. The van der Waals surface area contributed by atoms with E-state index in [1.807, 2.05) is 18.7 Å². The highest BCUT2D eigenvalue weighted by Gasteiger charge is 2.36. The fourth-order valence-electron chi connectivity index (χ4n) is 3.27. The third kappa shape index (κ3) is 5.53. The molecule has 6 N–H and O–H groups in total. The SMILES string of the molecule is CC1(C)NCCN(c2ccc(N)cn2)C1=O.Nc1cnc(N2CCNC(=O)C2)c(Cl)c1. The number of nitrogens with zero attached hydrogens (tertiary/aromatic N) is 4. The molecule has 2 aromatic rings. The smallest absolute Gasteiger partial charge is 0.247 e. The van der Waals surface area contributed by atoms with Crippen molar-refractivity contribution in [1.82, 2.24) is 20.6 Å². The molecule has 2 amide bonds. The van der Waals surface area contributed by atoms with Crippen LogP contribution in [0.25, 0.3) is 0 Å². The Morgan fingerprint density at radius 3 is 2.45 bits per heavy atom. The molecule has 10 nitrogen and oxygen atoms in total. The van der Waals surface area contributed by atoms with Gasteiger partial charge < -0.3 is 27.0 Å². The molecule has 11 heteroatoms. The molecule has 0 unspecified atom stereocenters. The van der Waals surface area contributed by atoms with E-state index >= 15 is 0 Å².